The monoisotopic (exact) mass is 330 g/mol. The second-order valence-corrected chi connectivity index (χ2v) is 6.39. The van der Waals surface area contributed by atoms with E-state index in [1.807, 2.05) is 6.92 Å². The van der Waals surface area contributed by atoms with Gasteiger partial charge in [0, 0.05) is 25.3 Å². The number of nitrogens with one attached hydrogen (secondary N) is 1. The molecule has 3 heterocycles. The van der Waals surface area contributed by atoms with Crippen LogP contribution in [0.15, 0.2) is 21.9 Å². The number of hydrogen-bond acceptors (Lipinski definition) is 5. The lowest BCUT2D eigenvalue weighted by atomic mass is 10.2. The molecule has 1 N–H and O–H groups in total. The van der Waals surface area contributed by atoms with E-state index in [1.54, 1.807) is 4.90 Å². The van der Waals surface area contributed by atoms with Crippen molar-refractivity contribution in [1.29, 1.82) is 0 Å². The highest BCUT2D eigenvalue weighted by Crippen LogP contribution is 2.34. The maximum Gasteiger partial charge on any atom is 0.330 e. The summed E-state index contributed by atoms with van der Waals surface area (Å²) in [5, 5.41) is 0.272. The van der Waals surface area contributed by atoms with Gasteiger partial charge in [-0.25, -0.2) is 9.78 Å². The second-order valence-electron chi connectivity index (χ2n) is 6.39. The molecule has 0 bridgehead atoms. The van der Waals surface area contributed by atoms with Crippen molar-refractivity contribution in [2.45, 2.75) is 31.9 Å². The number of amides is 1. The van der Waals surface area contributed by atoms with E-state index in [0.717, 1.165) is 12.8 Å². The SMILES string of the molecule is CC1CN(C(=O)c2cnc3c(c2)c(=O)[nH]c(=O)n3C2CC2)CCO1. The minimum atomic E-state index is -0.510. The number of H-pyrrole nitrogens is 1. The molecular formula is C16H18N4O4. The molecule has 1 amide bonds. The van der Waals surface area contributed by atoms with Crippen LogP contribution in [-0.2, 0) is 4.74 Å². The van der Waals surface area contributed by atoms with Crippen molar-refractivity contribution in [3.8, 4) is 0 Å². The smallest absolute Gasteiger partial charge is 0.330 e. The van der Waals surface area contributed by atoms with Gasteiger partial charge in [0.1, 0.15) is 5.65 Å². The fourth-order valence-electron chi connectivity index (χ4n) is 3.11. The van der Waals surface area contributed by atoms with Gasteiger partial charge in [-0.05, 0) is 25.8 Å². The zero-order valence-corrected chi connectivity index (χ0v) is 13.3. The summed E-state index contributed by atoms with van der Waals surface area (Å²) >= 11 is 0. The van der Waals surface area contributed by atoms with Crippen LogP contribution in [0.4, 0.5) is 0 Å². The first-order valence-corrected chi connectivity index (χ1v) is 8.10. The Morgan fingerprint density at radius 3 is 2.88 bits per heavy atom. The van der Waals surface area contributed by atoms with Crippen LogP contribution < -0.4 is 11.2 Å². The maximum atomic E-state index is 12.6. The van der Waals surface area contributed by atoms with E-state index in [1.165, 1.54) is 16.8 Å². The van der Waals surface area contributed by atoms with Crippen LogP contribution in [0.1, 0.15) is 36.2 Å². The first-order valence-electron chi connectivity index (χ1n) is 8.10. The third-order valence-electron chi connectivity index (χ3n) is 4.47. The topological polar surface area (TPSA) is 97.3 Å². The first-order chi connectivity index (χ1) is 11.5. The molecule has 1 unspecified atom stereocenters. The number of hydrogen-bond donors (Lipinski definition) is 1. The van der Waals surface area contributed by atoms with Crippen molar-refractivity contribution in [2.24, 2.45) is 0 Å². The normalized spacial score (nSPS) is 21.2. The molecule has 24 heavy (non-hydrogen) atoms. The van der Waals surface area contributed by atoms with Crippen molar-refractivity contribution < 1.29 is 9.53 Å². The number of rotatable bonds is 2. The summed E-state index contributed by atoms with van der Waals surface area (Å²) in [6, 6.07) is 1.62. The van der Waals surface area contributed by atoms with E-state index in [-0.39, 0.29) is 23.4 Å². The van der Waals surface area contributed by atoms with E-state index in [2.05, 4.69) is 9.97 Å². The van der Waals surface area contributed by atoms with Crippen LogP contribution in [0.3, 0.4) is 0 Å². The van der Waals surface area contributed by atoms with E-state index in [0.29, 0.717) is 30.9 Å². The highest BCUT2D eigenvalue weighted by Gasteiger charge is 2.28. The van der Waals surface area contributed by atoms with Crippen molar-refractivity contribution >= 4 is 16.9 Å². The number of fused-ring (bicyclic) bond motifs is 1. The van der Waals surface area contributed by atoms with Gasteiger partial charge in [0.2, 0.25) is 0 Å². The molecule has 4 rings (SSSR count). The van der Waals surface area contributed by atoms with E-state index in [9.17, 15) is 14.4 Å². The lowest BCUT2D eigenvalue weighted by molar-refractivity contribution is -0.0124. The molecule has 2 aliphatic rings. The molecule has 1 aliphatic heterocycles. The minimum Gasteiger partial charge on any atom is -0.375 e. The Morgan fingerprint density at radius 2 is 2.17 bits per heavy atom. The summed E-state index contributed by atoms with van der Waals surface area (Å²) in [6.45, 7) is 3.43. The number of aromatic nitrogens is 3. The van der Waals surface area contributed by atoms with Crippen LogP contribution in [0.25, 0.3) is 11.0 Å². The van der Waals surface area contributed by atoms with Gasteiger partial charge < -0.3 is 9.64 Å². The fourth-order valence-corrected chi connectivity index (χ4v) is 3.11. The van der Waals surface area contributed by atoms with Crippen molar-refractivity contribution in [2.75, 3.05) is 19.7 Å². The predicted molar refractivity (Wildman–Crippen MR) is 86.2 cm³/mol. The van der Waals surface area contributed by atoms with Gasteiger partial charge in [0.05, 0.1) is 23.7 Å². The Balaban J connectivity index is 1.77. The van der Waals surface area contributed by atoms with Crippen LogP contribution >= 0.6 is 0 Å². The van der Waals surface area contributed by atoms with Crippen LogP contribution in [-0.4, -0.2) is 51.1 Å². The standard InChI is InChI=1S/C16H18N4O4/c1-9-8-19(4-5-24-9)15(22)10-6-12-13(17-7-10)20(11-2-3-11)16(23)18-14(12)21/h6-7,9,11H,2-5,8H2,1H3,(H,18,21,23). The Hall–Kier alpha value is -2.48. The summed E-state index contributed by atoms with van der Waals surface area (Å²) in [5.74, 6) is -0.178. The molecule has 2 fully saturated rings. The highest BCUT2D eigenvalue weighted by molar-refractivity contribution is 5.96. The fraction of sp³-hybridized carbons (Fsp3) is 0.500. The van der Waals surface area contributed by atoms with E-state index < -0.39 is 11.2 Å². The van der Waals surface area contributed by atoms with Gasteiger partial charge in [-0.15, -0.1) is 0 Å². The largest absolute Gasteiger partial charge is 0.375 e. The van der Waals surface area contributed by atoms with Gasteiger partial charge in [-0.3, -0.25) is 19.1 Å². The third-order valence-corrected chi connectivity index (χ3v) is 4.47. The summed E-state index contributed by atoms with van der Waals surface area (Å²) in [5.41, 5.74) is -0.255. The van der Waals surface area contributed by atoms with Gasteiger partial charge in [0.25, 0.3) is 11.5 Å². The molecule has 2 aromatic heterocycles. The molecule has 0 spiro atoms. The zero-order chi connectivity index (χ0) is 16.8. The van der Waals surface area contributed by atoms with E-state index >= 15 is 0 Å². The number of pyridine rings is 1. The maximum absolute atomic E-state index is 12.6. The number of morpholine rings is 1. The van der Waals surface area contributed by atoms with Crippen molar-refractivity contribution in [3.63, 3.8) is 0 Å². The Kier molecular flexibility index (Phi) is 3.49. The molecule has 1 aliphatic carbocycles. The Morgan fingerprint density at radius 1 is 1.38 bits per heavy atom. The van der Waals surface area contributed by atoms with Gasteiger partial charge in [-0.1, -0.05) is 0 Å². The third kappa shape index (κ3) is 2.52. The lowest BCUT2D eigenvalue weighted by Crippen LogP contribution is -2.44. The minimum absolute atomic E-state index is 0.0143. The first kappa shape index (κ1) is 15.1. The molecule has 8 heteroatoms. The number of carbonyl (C=O) groups is 1. The second kappa shape index (κ2) is 5.55. The summed E-state index contributed by atoms with van der Waals surface area (Å²) in [7, 11) is 0. The highest BCUT2D eigenvalue weighted by atomic mass is 16.5. The van der Waals surface area contributed by atoms with Crippen molar-refractivity contribution in [1.82, 2.24) is 19.4 Å². The van der Waals surface area contributed by atoms with Crippen molar-refractivity contribution in [3.05, 3.63) is 38.7 Å². The molecule has 2 aromatic rings. The number of carbonyl (C=O) groups excluding carboxylic acids is 1. The number of nitrogens with zero attached hydrogens (tertiary/aromatic N) is 3. The van der Waals surface area contributed by atoms with Crippen LogP contribution in [0.2, 0.25) is 0 Å². The molecule has 0 aromatic carbocycles. The molecular weight excluding hydrogens is 312 g/mol. The average molecular weight is 330 g/mol. The van der Waals surface area contributed by atoms with Gasteiger partial charge >= 0.3 is 5.69 Å². The Labute approximate surface area is 137 Å². The summed E-state index contributed by atoms with van der Waals surface area (Å²) in [4.78, 5) is 45.1. The Bertz CT molecular complexity index is 928. The molecule has 0 radical (unpaired) electrons. The summed E-state index contributed by atoms with van der Waals surface area (Å²) in [6.07, 6.45) is 3.23. The number of aromatic amines is 1. The van der Waals surface area contributed by atoms with E-state index in [4.69, 9.17) is 4.74 Å². The lowest BCUT2D eigenvalue weighted by Gasteiger charge is -2.31. The van der Waals surface area contributed by atoms with Gasteiger partial charge in [0.15, 0.2) is 0 Å². The molecule has 1 atom stereocenters. The molecule has 1 saturated carbocycles. The number of ether oxygens (including phenoxy) is 1. The molecule has 1 saturated heterocycles. The molecule has 126 valence electrons. The van der Waals surface area contributed by atoms with Gasteiger partial charge in [-0.2, -0.15) is 0 Å². The average Bonchev–Trinajstić information content (AvgIpc) is 3.39. The predicted octanol–water partition coefficient (Wildman–Crippen LogP) is 0.281. The summed E-state index contributed by atoms with van der Waals surface area (Å²) < 4.78 is 6.96. The van der Waals surface area contributed by atoms with Crippen LogP contribution in [0.5, 0.6) is 0 Å². The quantitative estimate of drug-likeness (QED) is 0.853. The zero-order valence-electron chi connectivity index (χ0n) is 13.3. The van der Waals surface area contributed by atoms with Crippen LogP contribution in [0, 0.1) is 0 Å². The molecule has 8 nitrogen and oxygen atoms in total.